The van der Waals surface area contributed by atoms with Crippen LogP contribution in [0.5, 0.6) is 6.01 Å². The number of nitrogens with zero attached hydrogens (tertiary/aromatic N) is 4. The summed E-state index contributed by atoms with van der Waals surface area (Å²) < 4.78 is 5.29. The Hall–Kier alpha value is -1.14. The van der Waals surface area contributed by atoms with Gasteiger partial charge >= 0.3 is 6.01 Å². The minimum atomic E-state index is 0.0811. The summed E-state index contributed by atoms with van der Waals surface area (Å²) in [6.07, 6.45) is 2.83. The maximum Gasteiger partial charge on any atom is 0.322 e. The number of rotatable bonds is 5. The second kappa shape index (κ2) is 5.97. The van der Waals surface area contributed by atoms with Crippen molar-refractivity contribution >= 4 is 17.5 Å². The smallest absolute Gasteiger partial charge is 0.322 e. The van der Waals surface area contributed by atoms with Gasteiger partial charge in [-0.25, -0.2) is 0 Å². The first-order valence-electron chi connectivity index (χ1n) is 5.70. The molecule has 1 saturated heterocycles. The number of anilines is 1. The van der Waals surface area contributed by atoms with Crippen LogP contribution in [0.2, 0.25) is 5.28 Å². The molecule has 1 aliphatic rings. The molecular weight excluding hydrogens is 244 g/mol. The van der Waals surface area contributed by atoms with E-state index in [4.69, 9.17) is 21.4 Å². The molecule has 1 aromatic heterocycles. The first-order valence-corrected chi connectivity index (χ1v) is 6.07. The molecule has 1 N–H and O–H groups in total. The summed E-state index contributed by atoms with van der Waals surface area (Å²) in [5.41, 5.74) is 0. The van der Waals surface area contributed by atoms with Gasteiger partial charge in [-0.1, -0.05) is 0 Å². The highest BCUT2D eigenvalue weighted by atomic mass is 35.5. The zero-order valence-electron chi connectivity index (χ0n) is 9.47. The molecule has 0 aromatic carbocycles. The molecule has 94 valence electrons. The van der Waals surface area contributed by atoms with E-state index in [1.54, 1.807) is 0 Å². The molecule has 17 heavy (non-hydrogen) atoms. The highest BCUT2D eigenvalue weighted by Gasteiger charge is 2.17. The van der Waals surface area contributed by atoms with Gasteiger partial charge in [-0.15, -0.1) is 0 Å². The van der Waals surface area contributed by atoms with Crippen LogP contribution < -0.4 is 9.64 Å². The molecule has 0 spiro atoms. The number of ether oxygens (including phenoxy) is 1. The Bertz CT molecular complexity index is 371. The molecule has 2 heterocycles. The van der Waals surface area contributed by atoms with Crippen LogP contribution >= 0.6 is 11.6 Å². The highest BCUT2D eigenvalue weighted by Crippen LogP contribution is 2.19. The van der Waals surface area contributed by atoms with Crippen LogP contribution in [0.4, 0.5) is 5.95 Å². The molecule has 0 bridgehead atoms. The van der Waals surface area contributed by atoms with Crippen LogP contribution in [-0.2, 0) is 0 Å². The minimum absolute atomic E-state index is 0.0811. The van der Waals surface area contributed by atoms with E-state index in [2.05, 4.69) is 19.9 Å². The number of aliphatic hydroxyl groups is 1. The van der Waals surface area contributed by atoms with E-state index >= 15 is 0 Å². The molecule has 0 atom stereocenters. The van der Waals surface area contributed by atoms with Gasteiger partial charge < -0.3 is 14.7 Å². The second-order valence-corrected chi connectivity index (χ2v) is 4.14. The molecular formula is C10H15ClN4O2. The highest BCUT2D eigenvalue weighted by molar-refractivity contribution is 6.28. The van der Waals surface area contributed by atoms with E-state index in [1.165, 1.54) is 0 Å². The molecule has 6 nitrogen and oxygen atoms in total. The van der Waals surface area contributed by atoms with E-state index in [1.807, 2.05) is 0 Å². The average molecular weight is 259 g/mol. The number of aromatic nitrogens is 3. The molecule has 2 rings (SSSR count). The SMILES string of the molecule is OCCCOc1nc(Cl)nc(N2CCCC2)n1. The molecule has 1 aliphatic heterocycles. The second-order valence-electron chi connectivity index (χ2n) is 3.81. The van der Waals surface area contributed by atoms with Gasteiger partial charge in [0.15, 0.2) is 0 Å². The predicted molar refractivity (Wildman–Crippen MR) is 63.5 cm³/mol. The summed E-state index contributed by atoms with van der Waals surface area (Å²) in [4.78, 5) is 14.2. The standard InChI is InChI=1S/C10H15ClN4O2/c11-8-12-9(15-4-1-2-5-15)14-10(13-8)17-7-3-6-16/h16H,1-7H2. The quantitative estimate of drug-likeness (QED) is 0.791. The van der Waals surface area contributed by atoms with Gasteiger partial charge in [0.25, 0.3) is 0 Å². The number of aliphatic hydroxyl groups excluding tert-OH is 1. The number of halogens is 1. The lowest BCUT2D eigenvalue weighted by Crippen LogP contribution is -2.21. The van der Waals surface area contributed by atoms with E-state index < -0.39 is 0 Å². The van der Waals surface area contributed by atoms with Gasteiger partial charge in [0.2, 0.25) is 11.2 Å². The summed E-state index contributed by atoms with van der Waals surface area (Å²) in [7, 11) is 0. The van der Waals surface area contributed by atoms with Crippen molar-refractivity contribution in [3.8, 4) is 6.01 Å². The lowest BCUT2D eigenvalue weighted by Gasteiger charge is -2.15. The third-order valence-electron chi connectivity index (χ3n) is 2.50. The minimum Gasteiger partial charge on any atom is -0.463 e. The third-order valence-corrected chi connectivity index (χ3v) is 2.67. The summed E-state index contributed by atoms with van der Waals surface area (Å²) in [5, 5.41) is 8.80. The Kier molecular flexibility index (Phi) is 4.33. The fourth-order valence-corrected chi connectivity index (χ4v) is 1.82. The largest absolute Gasteiger partial charge is 0.463 e. The molecule has 0 unspecified atom stereocenters. The monoisotopic (exact) mass is 258 g/mol. The van der Waals surface area contributed by atoms with E-state index in [0.29, 0.717) is 19.0 Å². The van der Waals surface area contributed by atoms with Crippen LogP contribution in [0.3, 0.4) is 0 Å². The Balaban J connectivity index is 2.05. The van der Waals surface area contributed by atoms with E-state index in [-0.39, 0.29) is 17.9 Å². The maximum absolute atomic E-state index is 8.66. The fraction of sp³-hybridized carbons (Fsp3) is 0.700. The fourth-order valence-electron chi connectivity index (χ4n) is 1.67. The van der Waals surface area contributed by atoms with Crippen LogP contribution in [0.1, 0.15) is 19.3 Å². The van der Waals surface area contributed by atoms with Crippen LogP contribution in [0, 0.1) is 0 Å². The van der Waals surface area contributed by atoms with Crippen LogP contribution in [0.25, 0.3) is 0 Å². The first kappa shape index (κ1) is 12.3. The van der Waals surface area contributed by atoms with Crippen molar-refractivity contribution in [2.24, 2.45) is 0 Å². The average Bonchev–Trinajstić information content (AvgIpc) is 2.82. The predicted octanol–water partition coefficient (Wildman–Crippen LogP) is 0.886. The van der Waals surface area contributed by atoms with Crippen LogP contribution in [0.15, 0.2) is 0 Å². The summed E-state index contributed by atoms with van der Waals surface area (Å²) >= 11 is 5.82. The van der Waals surface area contributed by atoms with E-state index in [9.17, 15) is 0 Å². The Morgan fingerprint density at radius 1 is 1.24 bits per heavy atom. The van der Waals surface area contributed by atoms with Crippen molar-refractivity contribution in [1.82, 2.24) is 15.0 Å². The van der Waals surface area contributed by atoms with Gasteiger partial charge in [-0.2, -0.15) is 15.0 Å². The van der Waals surface area contributed by atoms with Crippen molar-refractivity contribution in [1.29, 1.82) is 0 Å². The van der Waals surface area contributed by atoms with Crippen molar-refractivity contribution in [3.05, 3.63) is 5.28 Å². The summed E-state index contributed by atoms with van der Waals surface area (Å²) in [5.74, 6) is 0.571. The maximum atomic E-state index is 8.66. The van der Waals surface area contributed by atoms with Crippen LogP contribution in [-0.4, -0.2) is 46.4 Å². The van der Waals surface area contributed by atoms with Gasteiger partial charge in [0.1, 0.15) is 0 Å². The van der Waals surface area contributed by atoms with Gasteiger partial charge in [0.05, 0.1) is 6.61 Å². The number of hydrogen-bond donors (Lipinski definition) is 1. The summed E-state index contributed by atoms with van der Waals surface area (Å²) in [6.45, 7) is 2.33. The van der Waals surface area contributed by atoms with Crippen molar-refractivity contribution in [2.45, 2.75) is 19.3 Å². The lowest BCUT2D eigenvalue weighted by molar-refractivity contribution is 0.224. The van der Waals surface area contributed by atoms with Crippen molar-refractivity contribution in [3.63, 3.8) is 0 Å². The van der Waals surface area contributed by atoms with Gasteiger partial charge in [-0.05, 0) is 24.4 Å². The van der Waals surface area contributed by atoms with E-state index in [0.717, 1.165) is 25.9 Å². The zero-order chi connectivity index (χ0) is 12.1. The Labute approximate surface area is 105 Å². The first-order chi connectivity index (χ1) is 8.29. The van der Waals surface area contributed by atoms with Gasteiger partial charge in [-0.3, -0.25) is 0 Å². The third kappa shape index (κ3) is 3.41. The molecule has 1 fully saturated rings. The lowest BCUT2D eigenvalue weighted by atomic mass is 10.4. The molecule has 0 radical (unpaired) electrons. The van der Waals surface area contributed by atoms with Gasteiger partial charge in [0, 0.05) is 26.1 Å². The topological polar surface area (TPSA) is 71.4 Å². The normalized spacial score (nSPS) is 15.3. The zero-order valence-corrected chi connectivity index (χ0v) is 10.2. The molecule has 7 heteroatoms. The molecule has 0 saturated carbocycles. The Morgan fingerprint density at radius 2 is 2.00 bits per heavy atom. The van der Waals surface area contributed by atoms with Crippen molar-refractivity contribution < 1.29 is 9.84 Å². The number of hydrogen-bond acceptors (Lipinski definition) is 6. The Morgan fingerprint density at radius 3 is 2.71 bits per heavy atom. The molecule has 0 aliphatic carbocycles. The molecule has 0 amide bonds. The molecule has 1 aromatic rings. The van der Waals surface area contributed by atoms with Crippen molar-refractivity contribution in [2.75, 3.05) is 31.2 Å². The summed E-state index contributed by atoms with van der Waals surface area (Å²) in [6, 6.07) is 0.223.